The van der Waals surface area contributed by atoms with E-state index in [1.54, 1.807) is 0 Å². The number of benzene rings is 2. The summed E-state index contributed by atoms with van der Waals surface area (Å²) in [5.41, 5.74) is -2.18. The van der Waals surface area contributed by atoms with Gasteiger partial charge in [0, 0.05) is 25.2 Å². The molecule has 1 aromatic heterocycles. The Morgan fingerprint density at radius 3 is 2.19 bits per heavy atom. The molecule has 1 atom stereocenters. The number of alkyl halides is 2. The van der Waals surface area contributed by atoms with Gasteiger partial charge >= 0.3 is 24.5 Å². The first-order valence-electron chi connectivity index (χ1n) is 12.4. The van der Waals surface area contributed by atoms with Gasteiger partial charge in [-0.05, 0) is 12.1 Å². The molecule has 3 heterocycles. The summed E-state index contributed by atoms with van der Waals surface area (Å²) in [6, 6.07) is 3.77. The number of nitrogens with one attached hydrogen (secondary N) is 1. The molecule has 0 aliphatic carbocycles. The molecular weight excluding hydrogens is 574 g/mol. The van der Waals surface area contributed by atoms with Crippen molar-refractivity contribution < 1.29 is 51.7 Å². The van der Waals surface area contributed by atoms with Crippen LogP contribution in [0.25, 0.3) is 10.9 Å². The number of aromatic carboxylic acids is 2. The van der Waals surface area contributed by atoms with Crippen molar-refractivity contribution >= 4 is 46.2 Å². The first-order valence-corrected chi connectivity index (χ1v) is 12.4. The third-order valence-corrected chi connectivity index (χ3v) is 6.97. The molecule has 2 aliphatic heterocycles. The van der Waals surface area contributed by atoms with Crippen LogP contribution in [0.2, 0.25) is 0 Å². The molecule has 3 N–H and O–H groups in total. The number of rotatable bonds is 7. The van der Waals surface area contributed by atoms with Gasteiger partial charge in [-0.1, -0.05) is 0 Å². The molecule has 0 radical (unpaired) electrons. The van der Waals surface area contributed by atoms with Crippen molar-refractivity contribution in [2.24, 2.45) is 0 Å². The smallest absolute Gasteiger partial charge is 0.414 e. The third-order valence-electron chi connectivity index (χ3n) is 6.97. The Balaban J connectivity index is 1.39. The summed E-state index contributed by atoms with van der Waals surface area (Å²) < 4.78 is 62.9. The number of carboxylic acid groups (broad SMARTS) is 2. The Morgan fingerprint density at radius 2 is 1.60 bits per heavy atom. The fourth-order valence-corrected chi connectivity index (χ4v) is 5.09. The molecule has 13 nitrogen and oxygen atoms in total. The van der Waals surface area contributed by atoms with Crippen LogP contribution >= 0.6 is 0 Å². The van der Waals surface area contributed by atoms with E-state index in [0.29, 0.717) is 0 Å². The van der Waals surface area contributed by atoms with E-state index in [1.807, 2.05) is 5.32 Å². The van der Waals surface area contributed by atoms with E-state index in [-0.39, 0.29) is 54.9 Å². The summed E-state index contributed by atoms with van der Waals surface area (Å²) in [6.07, 6.45) is -5.31. The highest BCUT2D eigenvalue weighted by atomic mass is 19.3. The molecule has 17 heteroatoms. The van der Waals surface area contributed by atoms with Gasteiger partial charge in [0.05, 0.1) is 53.9 Å². The molecular formula is C25H21F4N5O8. The maximum atomic E-state index is 15.3. The third kappa shape index (κ3) is 4.97. The fourth-order valence-electron chi connectivity index (χ4n) is 5.09. The largest absolute Gasteiger partial charge is 0.478 e. The maximum absolute atomic E-state index is 15.3. The molecule has 2 amide bonds. The maximum Gasteiger partial charge on any atom is 0.414 e. The van der Waals surface area contributed by atoms with Gasteiger partial charge in [0.2, 0.25) is 0 Å². The zero-order valence-electron chi connectivity index (χ0n) is 21.4. The molecule has 1 unspecified atom stereocenters. The summed E-state index contributed by atoms with van der Waals surface area (Å²) in [7, 11) is 0. The van der Waals surface area contributed by atoms with E-state index < -0.39 is 71.5 Å². The van der Waals surface area contributed by atoms with Crippen LogP contribution < -0.4 is 20.7 Å². The van der Waals surface area contributed by atoms with Crippen LogP contribution in [0, 0.1) is 11.6 Å². The summed E-state index contributed by atoms with van der Waals surface area (Å²) >= 11 is 0. The second-order valence-corrected chi connectivity index (χ2v) is 9.49. The van der Waals surface area contributed by atoms with Crippen LogP contribution in [0.5, 0.6) is 0 Å². The van der Waals surface area contributed by atoms with E-state index in [1.165, 1.54) is 14.3 Å². The molecule has 2 aromatic carbocycles. The standard InChI is InChI=1S/C25H21F4N5O8/c26-16-7-12(32-10-13(42-25(32)41)9-30-21(35)20(28)29)8-17(27)19(16)31-1-3-33-18-14(22(36)34(33)4-2-31)5-11(23(37)38)6-15(18)24(39)40/h5-8,13,20H,1-4,9-10H2,(H,30,35)(H,37,38)(H,39,40). The van der Waals surface area contributed by atoms with Crippen LogP contribution in [0.15, 0.2) is 29.1 Å². The van der Waals surface area contributed by atoms with Gasteiger partial charge in [-0.2, -0.15) is 8.78 Å². The van der Waals surface area contributed by atoms with Gasteiger partial charge in [0.25, 0.3) is 11.5 Å². The lowest BCUT2D eigenvalue weighted by Crippen LogP contribution is -2.37. The van der Waals surface area contributed by atoms with Gasteiger partial charge in [0.15, 0.2) is 11.6 Å². The minimum atomic E-state index is -3.27. The zero-order chi connectivity index (χ0) is 30.5. The van der Waals surface area contributed by atoms with Crippen LogP contribution in [-0.2, 0) is 22.6 Å². The summed E-state index contributed by atoms with van der Waals surface area (Å²) in [4.78, 5) is 62.0. The SMILES string of the molecule is O=C(O)c1cc(C(=O)O)c2c(c1)c(=O)n1n2CCN(c2c(F)cc(N3CC(CNC(=O)C(F)F)OC3=O)cc2F)CC1. The number of cyclic esters (lactones) is 1. The van der Waals surface area contributed by atoms with E-state index in [9.17, 15) is 43.0 Å². The number of amides is 2. The van der Waals surface area contributed by atoms with E-state index in [2.05, 4.69) is 0 Å². The van der Waals surface area contributed by atoms with Crippen molar-refractivity contribution in [2.75, 3.05) is 36.0 Å². The molecule has 2 aliphatic rings. The normalized spacial score (nSPS) is 16.9. The highest BCUT2D eigenvalue weighted by Crippen LogP contribution is 2.32. The first kappa shape index (κ1) is 28.4. The number of hydrogen-bond donors (Lipinski definition) is 3. The van der Waals surface area contributed by atoms with Crippen LogP contribution in [0.1, 0.15) is 20.7 Å². The molecule has 0 spiro atoms. The molecule has 42 heavy (non-hydrogen) atoms. The highest BCUT2D eigenvalue weighted by molar-refractivity contribution is 6.05. The lowest BCUT2D eigenvalue weighted by molar-refractivity contribution is -0.132. The van der Waals surface area contributed by atoms with E-state index in [0.717, 1.165) is 29.2 Å². The van der Waals surface area contributed by atoms with Crippen LogP contribution in [-0.4, -0.2) is 82.2 Å². The summed E-state index contributed by atoms with van der Waals surface area (Å²) in [5.74, 6) is -6.56. The predicted octanol–water partition coefficient (Wildman–Crippen LogP) is 1.70. The van der Waals surface area contributed by atoms with E-state index >= 15 is 8.78 Å². The average Bonchev–Trinajstić information content (AvgIpc) is 3.33. The van der Waals surface area contributed by atoms with Crippen molar-refractivity contribution in [1.29, 1.82) is 0 Å². The molecule has 0 saturated carbocycles. The van der Waals surface area contributed by atoms with Crippen molar-refractivity contribution in [3.8, 4) is 0 Å². The Bertz CT molecular complexity index is 1680. The number of hydrogen-bond acceptors (Lipinski definition) is 7. The van der Waals surface area contributed by atoms with Crippen molar-refractivity contribution in [3.05, 3.63) is 57.4 Å². The zero-order valence-corrected chi connectivity index (χ0v) is 21.4. The summed E-state index contributed by atoms with van der Waals surface area (Å²) in [6.45, 7) is -1.08. The van der Waals surface area contributed by atoms with Gasteiger partial charge in [-0.3, -0.25) is 19.2 Å². The number of fused-ring (bicyclic) bond motifs is 3. The van der Waals surface area contributed by atoms with Crippen molar-refractivity contribution in [1.82, 2.24) is 14.7 Å². The van der Waals surface area contributed by atoms with Gasteiger partial charge in [-0.25, -0.2) is 27.8 Å². The number of carboxylic acids is 2. The van der Waals surface area contributed by atoms with Crippen molar-refractivity contribution in [3.63, 3.8) is 0 Å². The molecule has 3 aromatic rings. The van der Waals surface area contributed by atoms with Gasteiger partial charge in [-0.15, -0.1) is 0 Å². The molecule has 1 saturated heterocycles. The number of carbonyl (C=O) groups excluding carboxylic acids is 2. The lowest BCUT2D eigenvalue weighted by Gasteiger charge is -2.24. The highest BCUT2D eigenvalue weighted by Gasteiger charge is 2.35. The van der Waals surface area contributed by atoms with E-state index in [4.69, 9.17) is 4.74 Å². The van der Waals surface area contributed by atoms with Gasteiger partial charge < -0.3 is 25.2 Å². The Hall–Kier alpha value is -5.09. The van der Waals surface area contributed by atoms with Crippen LogP contribution in [0.3, 0.4) is 0 Å². The summed E-state index contributed by atoms with van der Waals surface area (Å²) in [5, 5.41) is 20.8. The molecule has 5 rings (SSSR count). The lowest BCUT2D eigenvalue weighted by atomic mass is 10.1. The number of halogens is 4. The average molecular weight is 595 g/mol. The Labute approximate surface area is 232 Å². The second kappa shape index (κ2) is 10.7. The Kier molecular flexibility index (Phi) is 7.26. The number of aromatic nitrogens is 2. The van der Waals surface area contributed by atoms with Crippen molar-refractivity contribution in [2.45, 2.75) is 25.6 Å². The van der Waals surface area contributed by atoms with Crippen LogP contribution in [0.4, 0.5) is 33.7 Å². The topological polar surface area (TPSA) is 163 Å². The molecule has 0 bridgehead atoms. The molecule has 222 valence electrons. The minimum absolute atomic E-state index is 0.0255. The second-order valence-electron chi connectivity index (χ2n) is 9.49. The number of carbonyl (C=O) groups is 4. The Morgan fingerprint density at radius 1 is 0.952 bits per heavy atom. The fraction of sp³-hybridized carbons (Fsp3) is 0.320. The molecule has 1 fully saturated rings. The van der Waals surface area contributed by atoms with Gasteiger partial charge in [0.1, 0.15) is 11.8 Å². The predicted molar refractivity (Wildman–Crippen MR) is 135 cm³/mol. The minimum Gasteiger partial charge on any atom is -0.478 e. The number of anilines is 2. The number of ether oxygens (including phenoxy) is 1. The monoisotopic (exact) mass is 595 g/mol. The quantitative estimate of drug-likeness (QED) is 0.345. The first-order chi connectivity index (χ1) is 19.9. The number of nitrogens with zero attached hydrogens (tertiary/aromatic N) is 4.